The number of likely N-dealkylation sites (N-methyl/N-ethyl adjacent to an activating group) is 1. The van der Waals surface area contributed by atoms with Crippen molar-refractivity contribution in [1.29, 1.82) is 0 Å². The van der Waals surface area contributed by atoms with Gasteiger partial charge in [0, 0.05) is 38.1 Å². The first-order valence-corrected chi connectivity index (χ1v) is 8.43. The Morgan fingerprint density at radius 1 is 1.45 bits per heavy atom. The number of nitrogens with one attached hydrogen (secondary N) is 1. The Kier molecular flexibility index (Phi) is 4.58. The van der Waals surface area contributed by atoms with Gasteiger partial charge in [0.15, 0.2) is 5.96 Å². The lowest BCUT2D eigenvalue weighted by Gasteiger charge is -2.33. The number of piperidine rings is 1. The highest BCUT2D eigenvalue weighted by atomic mass is 32.1. The van der Waals surface area contributed by atoms with E-state index in [1.54, 1.807) is 0 Å². The molecule has 2 aliphatic rings. The van der Waals surface area contributed by atoms with Crippen LogP contribution < -0.4 is 5.32 Å². The molecule has 0 aliphatic carbocycles. The van der Waals surface area contributed by atoms with E-state index in [1.165, 1.54) is 30.8 Å². The maximum Gasteiger partial charge on any atom is 0.193 e. The topological polar surface area (TPSA) is 30.9 Å². The van der Waals surface area contributed by atoms with E-state index >= 15 is 0 Å². The van der Waals surface area contributed by atoms with Crippen LogP contribution in [0.4, 0.5) is 0 Å². The highest BCUT2D eigenvalue weighted by molar-refractivity contribution is 7.09. The summed E-state index contributed by atoms with van der Waals surface area (Å²) in [6, 6.07) is 4.39. The predicted octanol–water partition coefficient (Wildman–Crippen LogP) is 1.85. The molecule has 0 spiro atoms. The molecule has 1 aromatic rings. The van der Waals surface area contributed by atoms with E-state index in [0.717, 1.165) is 38.1 Å². The molecular formula is C15H24N4S. The van der Waals surface area contributed by atoms with E-state index in [2.05, 4.69) is 44.7 Å². The maximum atomic E-state index is 4.50. The van der Waals surface area contributed by atoms with Crippen LogP contribution in [0.2, 0.25) is 0 Å². The van der Waals surface area contributed by atoms with Gasteiger partial charge >= 0.3 is 0 Å². The van der Waals surface area contributed by atoms with Gasteiger partial charge in [-0.25, -0.2) is 0 Å². The fraction of sp³-hybridized carbons (Fsp3) is 0.667. The van der Waals surface area contributed by atoms with Gasteiger partial charge in [-0.05, 0) is 36.8 Å². The fourth-order valence-corrected chi connectivity index (χ4v) is 3.79. The third-order valence-electron chi connectivity index (χ3n) is 4.17. The molecule has 1 N–H and O–H groups in total. The van der Waals surface area contributed by atoms with E-state index in [-0.39, 0.29) is 0 Å². The van der Waals surface area contributed by atoms with Crippen LogP contribution >= 0.6 is 11.3 Å². The summed E-state index contributed by atoms with van der Waals surface area (Å²) in [5.41, 5.74) is 0. The Balaban J connectivity index is 1.45. The van der Waals surface area contributed by atoms with Gasteiger partial charge in [-0.3, -0.25) is 9.89 Å². The molecule has 0 amide bonds. The van der Waals surface area contributed by atoms with Gasteiger partial charge in [-0.2, -0.15) is 0 Å². The molecule has 0 aromatic carbocycles. The van der Waals surface area contributed by atoms with Gasteiger partial charge in [0.1, 0.15) is 0 Å². The Bertz CT molecular complexity index is 443. The largest absolute Gasteiger partial charge is 0.356 e. The summed E-state index contributed by atoms with van der Waals surface area (Å²) in [7, 11) is 2.11. The van der Waals surface area contributed by atoms with Crippen molar-refractivity contribution < 1.29 is 0 Å². The van der Waals surface area contributed by atoms with Crippen molar-refractivity contribution in [2.45, 2.75) is 19.4 Å². The first kappa shape index (κ1) is 13.9. The Morgan fingerprint density at radius 3 is 3.15 bits per heavy atom. The summed E-state index contributed by atoms with van der Waals surface area (Å²) >= 11 is 1.87. The van der Waals surface area contributed by atoms with E-state index in [4.69, 9.17) is 0 Å². The SMILES string of the molecule is CN1CCN=C1NCC1CCCN(Cc2cccs2)C1. The van der Waals surface area contributed by atoms with Gasteiger partial charge in [-0.15, -0.1) is 11.3 Å². The van der Waals surface area contributed by atoms with Crippen LogP contribution in [-0.4, -0.2) is 55.5 Å². The Morgan fingerprint density at radius 2 is 2.40 bits per heavy atom. The molecule has 0 radical (unpaired) electrons. The Labute approximate surface area is 125 Å². The summed E-state index contributed by atoms with van der Waals surface area (Å²) < 4.78 is 0. The van der Waals surface area contributed by atoms with Crippen LogP contribution in [0.3, 0.4) is 0 Å². The summed E-state index contributed by atoms with van der Waals surface area (Å²) in [4.78, 5) is 10.8. The van der Waals surface area contributed by atoms with Gasteiger partial charge < -0.3 is 10.2 Å². The van der Waals surface area contributed by atoms with Crippen LogP contribution in [0.5, 0.6) is 0 Å². The van der Waals surface area contributed by atoms with Crippen LogP contribution in [0.25, 0.3) is 0 Å². The van der Waals surface area contributed by atoms with Gasteiger partial charge in [0.05, 0.1) is 6.54 Å². The zero-order valence-electron chi connectivity index (χ0n) is 12.2. The molecule has 1 fully saturated rings. The standard InChI is InChI=1S/C15H24N4S/c1-18-8-6-16-15(18)17-10-13-4-2-7-19(11-13)12-14-5-3-9-20-14/h3,5,9,13H,2,4,6-8,10-12H2,1H3,(H,16,17). The minimum atomic E-state index is 0.750. The second-order valence-electron chi connectivity index (χ2n) is 5.83. The van der Waals surface area contributed by atoms with Crippen LogP contribution in [-0.2, 0) is 6.54 Å². The van der Waals surface area contributed by atoms with Crippen molar-refractivity contribution in [3.63, 3.8) is 0 Å². The zero-order chi connectivity index (χ0) is 13.8. The molecular weight excluding hydrogens is 268 g/mol. The molecule has 110 valence electrons. The Hall–Kier alpha value is -1.07. The highest BCUT2D eigenvalue weighted by Gasteiger charge is 2.21. The van der Waals surface area contributed by atoms with Crippen molar-refractivity contribution in [2.24, 2.45) is 10.9 Å². The minimum Gasteiger partial charge on any atom is -0.356 e. The third kappa shape index (κ3) is 3.52. The first-order chi connectivity index (χ1) is 9.81. The average Bonchev–Trinajstić information content (AvgIpc) is 3.09. The van der Waals surface area contributed by atoms with E-state index in [1.807, 2.05) is 11.3 Å². The second-order valence-corrected chi connectivity index (χ2v) is 6.86. The van der Waals surface area contributed by atoms with E-state index in [0.29, 0.717) is 0 Å². The summed E-state index contributed by atoms with van der Waals surface area (Å²) in [5, 5.41) is 5.71. The van der Waals surface area contributed by atoms with Crippen molar-refractivity contribution in [2.75, 3.05) is 39.8 Å². The molecule has 20 heavy (non-hydrogen) atoms. The normalized spacial score (nSPS) is 23.9. The molecule has 4 nitrogen and oxygen atoms in total. The van der Waals surface area contributed by atoms with Crippen molar-refractivity contribution in [1.82, 2.24) is 15.1 Å². The molecule has 0 saturated carbocycles. The van der Waals surface area contributed by atoms with E-state index in [9.17, 15) is 0 Å². The van der Waals surface area contributed by atoms with Crippen LogP contribution in [0.1, 0.15) is 17.7 Å². The van der Waals surface area contributed by atoms with Crippen molar-refractivity contribution >= 4 is 17.3 Å². The second kappa shape index (κ2) is 6.59. The van der Waals surface area contributed by atoms with Crippen LogP contribution in [0, 0.1) is 5.92 Å². The maximum absolute atomic E-state index is 4.50. The number of thiophene rings is 1. The molecule has 3 rings (SSSR count). The lowest BCUT2D eigenvalue weighted by atomic mass is 9.98. The number of rotatable bonds is 4. The number of hydrogen-bond acceptors (Lipinski definition) is 5. The quantitative estimate of drug-likeness (QED) is 0.919. The van der Waals surface area contributed by atoms with Gasteiger partial charge in [0.25, 0.3) is 0 Å². The van der Waals surface area contributed by atoms with Crippen molar-refractivity contribution in [3.8, 4) is 0 Å². The zero-order valence-corrected chi connectivity index (χ0v) is 13.0. The molecule has 1 aromatic heterocycles. The molecule has 0 bridgehead atoms. The van der Waals surface area contributed by atoms with Gasteiger partial charge in [0.2, 0.25) is 0 Å². The van der Waals surface area contributed by atoms with E-state index < -0.39 is 0 Å². The number of nitrogens with zero attached hydrogens (tertiary/aromatic N) is 3. The van der Waals surface area contributed by atoms with Crippen LogP contribution in [0.15, 0.2) is 22.5 Å². The minimum absolute atomic E-state index is 0.750. The molecule has 5 heteroatoms. The fourth-order valence-electron chi connectivity index (χ4n) is 3.04. The average molecular weight is 292 g/mol. The predicted molar refractivity (Wildman–Crippen MR) is 85.3 cm³/mol. The summed E-state index contributed by atoms with van der Waals surface area (Å²) in [6.07, 6.45) is 2.66. The first-order valence-electron chi connectivity index (χ1n) is 7.55. The molecule has 1 atom stereocenters. The van der Waals surface area contributed by atoms with Crippen molar-refractivity contribution in [3.05, 3.63) is 22.4 Å². The summed E-state index contributed by atoms with van der Waals surface area (Å²) in [5.74, 6) is 1.83. The number of likely N-dealkylation sites (tertiary alicyclic amines) is 1. The molecule has 1 unspecified atom stereocenters. The lowest BCUT2D eigenvalue weighted by Crippen LogP contribution is -2.43. The summed E-state index contributed by atoms with van der Waals surface area (Å²) in [6.45, 7) is 6.63. The molecule has 3 heterocycles. The smallest absolute Gasteiger partial charge is 0.193 e. The third-order valence-corrected chi connectivity index (χ3v) is 5.03. The molecule has 1 saturated heterocycles. The number of hydrogen-bond donors (Lipinski definition) is 1. The number of guanidine groups is 1. The molecule has 2 aliphatic heterocycles. The van der Waals surface area contributed by atoms with Gasteiger partial charge in [-0.1, -0.05) is 6.07 Å². The highest BCUT2D eigenvalue weighted by Crippen LogP contribution is 2.20. The lowest BCUT2D eigenvalue weighted by molar-refractivity contribution is 0.169. The number of aliphatic imine (C=N–C) groups is 1. The monoisotopic (exact) mass is 292 g/mol.